The summed E-state index contributed by atoms with van der Waals surface area (Å²) in [5.41, 5.74) is 0. The van der Waals surface area contributed by atoms with Crippen molar-refractivity contribution >= 4 is 11.9 Å². The van der Waals surface area contributed by atoms with Gasteiger partial charge in [0.15, 0.2) is 0 Å². The quantitative estimate of drug-likeness (QED) is 0.692. The van der Waals surface area contributed by atoms with Gasteiger partial charge >= 0.3 is 5.97 Å². The van der Waals surface area contributed by atoms with E-state index in [1.807, 2.05) is 19.0 Å². The molecule has 6 heteroatoms. The largest absolute Gasteiger partial charge is 0.481 e. The van der Waals surface area contributed by atoms with Crippen molar-refractivity contribution in [2.24, 2.45) is 5.92 Å². The van der Waals surface area contributed by atoms with Gasteiger partial charge in [-0.1, -0.05) is 6.92 Å². The second kappa shape index (κ2) is 6.70. The number of carbonyl (C=O) groups excluding carboxylic acids is 1. The molecular formula is C12H23N3O3. The summed E-state index contributed by atoms with van der Waals surface area (Å²) in [6.07, 6.45) is -0.149. The van der Waals surface area contributed by atoms with Crippen LogP contribution in [0.15, 0.2) is 0 Å². The SMILES string of the molecule is CC1CNC(CC(=O)O)C(=O)N(CCN(C)C)C1. The Morgan fingerprint density at radius 2 is 2.22 bits per heavy atom. The molecule has 1 aliphatic rings. The highest BCUT2D eigenvalue weighted by atomic mass is 16.4. The molecule has 104 valence electrons. The zero-order valence-electron chi connectivity index (χ0n) is 11.3. The van der Waals surface area contributed by atoms with E-state index in [-0.39, 0.29) is 12.3 Å². The molecule has 0 bridgehead atoms. The Labute approximate surface area is 108 Å². The van der Waals surface area contributed by atoms with Gasteiger partial charge in [-0.2, -0.15) is 0 Å². The first-order valence-electron chi connectivity index (χ1n) is 6.29. The molecule has 1 fully saturated rings. The maximum absolute atomic E-state index is 12.2. The maximum atomic E-state index is 12.2. The lowest BCUT2D eigenvalue weighted by atomic mass is 10.2. The number of likely N-dealkylation sites (N-methyl/N-ethyl adjacent to an activating group) is 1. The third kappa shape index (κ3) is 4.62. The average molecular weight is 257 g/mol. The Balaban J connectivity index is 2.67. The molecule has 0 spiro atoms. The van der Waals surface area contributed by atoms with Gasteiger partial charge in [0.2, 0.25) is 5.91 Å². The van der Waals surface area contributed by atoms with Gasteiger partial charge in [-0.15, -0.1) is 0 Å². The molecule has 1 rings (SSSR count). The van der Waals surface area contributed by atoms with Crippen LogP contribution in [-0.4, -0.2) is 73.1 Å². The number of amides is 1. The summed E-state index contributed by atoms with van der Waals surface area (Å²) in [7, 11) is 3.91. The van der Waals surface area contributed by atoms with E-state index in [1.54, 1.807) is 4.90 Å². The predicted molar refractivity (Wildman–Crippen MR) is 68.3 cm³/mol. The number of nitrogens with one attached hydrogen (secondary N) is 1. The summed E-state index contributed by atoms with van der Waals surface area (Å²) in [5.74, 6) is -0.693. The van der Waals surface area contributed by atoms with Gasteiger partial charge in [0.1, 0.15) is 0 Å². The van der Waals surface area contributed by atoms with Crippen LogP contribution in [0, 0.1) is 5.92 Å². The van der Waals surface area contributed by atoms with E-state index in [1.165, 1.54) is 0 Å². The lowest BCUT2D eigenvalue weighted by Gasteiger charge is -2.26. The van der Waals surface area contributed by atoms with Crippen molar-refractivity contribution < 1.29 is 14.7 Å². The van der Waals surface area contributed by atoms with Gasteiger partial charge in [0, 0.05) is 26.2 Å². The fourth-order valence-electron chi connectivity index (χ4n) is 2.04. The smallest absolute Gasteiger partial charge is 0.305 e. The van der Waals surface area contributed by atoms with Crippen molar-refractivity contribution in [2.75, 3.05) is 40.3 Å². The van der Waals surface area contributed by atoms with Crippen LogP contribution in [0.25, 0.3) is 0 Å². The van der Waals surface area contributed by atoms with Crippen molar-refractivity contribution in [3.63, 3.8) is 0 Å². The standard InChI is InChI=1S/C12H23N3O3/c1-9-7-13-10(6-11(16)17)12(18)15(8-9)5-4-14(2)3/h9-10,13H,4-8H2,1-3H3,(H,16,17). The summed E-state index contributed by atoms with van der Waals surface area (Å²) >= 11 is 0. The number of nitrogens with zero attached hydrogens (tertiary/aromatic N) is 2. The molecule has 2 unspecified atom stereocenters. The van der Waals surface area contributed by atoms with Gasteiger partial charge < -0.3 is 20.2 Å². The molecule has 1 saturated heterocycles. The molecule has 0 aromatic rings. The first-order valence-corrected chi connectivity index (χ1v) is 6.29. The van der Waals surface area contributed by atoms with E-state index in [9.17, 15) is 9.59 Å². The highest BCUT2D eigenvalue weighted by molar-refractivity contribution is 5.86. The number of carboxylic acid groups (broad SMARTS) is 1. The number of aliphatic carboxylic acids is 1. The maximum Gasteiger partial charge on any atom is 0.305 e. The lowest BCUT2D eigenvalue weighted by Crippen LogP contribution is -2.46. The van der Waals surface area contributed by atoms with E-state index in [4.69, 9.17) is 5.11 Å². The molecule has 0 aliphatic carbocycles. The fourth-order valence-corrected chi connectivity index (χ4v) is 2.04. The number of hydrogen-bond donors (Lipinski definition) is 2. The second-order valence-corrected chi connectivity index (χ2v) is 5.25. The summed E-state index contributed by atoms with van der Waals surface area (Å²) in [4.78, 5) is 26.8. The highest BCUT2D eigenvalue weighted by Crippen LogP contribution is 2.09. The molecular weight excluding hydrogens is 234 g/mol. The molecule has 2 N–H and O–H groups in total. The number of hydrogen-bond acceptors (Lipinski definition) is 4. The number of carbonyl (C=O) groups is 2. The molecule has 0 aromatic carbocycles. The van der Waals surface area contributed by atoms with E-state index in [0.29, 0.717) is 25.6 Å². The van der Waals surface area contributed by atoms with Crippen LogP contribution in [-0.2, 0) is 9.59 Å². The third-order valence-corrected chi connectivity index (χ3v) is 3.05. The predicted octanol–water partition coefficient (Wildman–Crippen LogP) is -0.541. The van der Waals surface area contributed by atoms with Crippen molar-refractivity contribution in [3.05, 3.63) is 0 Å². The summed E-state index contributed by atoms with van der Waals surface area (Å²) in [6.45, 7) is 4.87. The minimum Gasteiger partial charge on any atom is -0.481 e. The van der Waals surface area contributed by atoms with Crippen LogP contribution >= 0.6 is 0 Å². The van der Waals surface area contributed by atoms with Crippen molar-refractivity contribution in [1.29, 1.82) is 0 Å². The van der Waals surface area contributed by atoms with Gasteiger partial charge in [-0.3, -0.25) is 9.59 Å². The molecule has 18 heavy (non-hydrogen) atoms. The summed E-state index contributed by atoms with van der Waals surface area (Å²) in [5, 5.41) is 11.9. The molecule has 0 radical (unpaired) electrons. The van der Waals surface area contributed by atoms with Gasteiger partial charge in [-0.25, -0.2) is 0 Å². The van der Waals surface area contributed by atoms with Crippen LogP contribution in [0.4, 0.5) is 0 Å². The van der Waals surface area contributed by atoms with Gasteiger partial charge in [0.05, 0.1) is 12.5 Å². The summed E-state index contributed by atoms with van der Waals surface area (Å²) in [6, 6.07) is -0.588. The first kappa shape index (κ1) is 14.9. The Morgan fingerprint density at radius 3 is 2.78 bits per heavy atom. The average Bonchev–Trinajstić information content (AvgIpc) is 2.39. The van der Waals surface area contributed by atoms with Gasteiger partial charge in [-0.05, 0) is 20.0 Å². The zero-order valence-corrected chi connectivity index (χ0v) is 11.3. The van der Waals surface area contributed by atoms with E-state index in [0.717, 1.165) is 6.54 Å². The van der Waals surface area contributed by atoms with Crippen LogP contribution in [0.2, 0.25) is 0 Å². The normalized spacial score (nSPS) is 25.3. The molecule has 0 aromatic heterocycles. The Bertz CT molecular complexity index is 307. The molecule has 6 nitrogen and oxygen atoms in total. The Hall–Kier alpha value is -1.14. The van der Waals surface area contributed by atoms with E-state index >= 15 is 0 Å². The number of rotatable bonds is 5. The first-order chi connectivity index (χ1) is 8.40. The van der Waals surface area contributed by atoms with E-state index in [2.05, 4.69) is 12.2 Å². The topological polar surface area (TPSA) is 72.9 Å². The van der Waals surface area contributed by atoms with Crippen molar-refractivity contribution in [3.8, 4) is 0 Å². The Kier molecular flexibility index (Phi) is 5.55. The highest BCUT2D eigenvalue weighted by Gasteiger charge is 2.30. The summed E-state index contributed by atoms with van der Waals surface area (Å²) < 4.78 is 0. The van der Waals surface area contributed by atoms with Crippen LogP contribution in [0.5, 0.6) is 0 Å². The molecule has 0 saturated carbocycles. The molecule has 2 atom stereocenters. The van der Waals surface area contributed by atoms with Crippen LogP contribution in [0.3, 0.4) is 0 Å². The minimum absolute atomic E-state index is 0.0939. The van der Waals surface area contributed by atoms with Gasteiger partial charge in [0.25, 0.3) is 0 Å². The lowest BCUT2D eigenvalue weighted by molar-refractivity contribution is -0.142. The zero-order chi connectivity index (χ0) is 13.7. The fraction of sp³-hybridized carbons (Fsp3) is 0.833. The molecule has 1 aliphatic heterocycles. The third-order valence-electron chi connectivity index (χ3n) is 3.05. The molecule has 1 amide bonds. The number of carboxylic acids is 1. The van der Waals surface area contributed by atoms with Crippen molar-refractivity contribution in [1.82, 2.24) is 15.1 Å². The monoisotopic (exact) mass is 257 g/mol. The molecule has 1 heterocycles. The Morgan fingerprint density at radius 1 is 1.56 bits per heavy atom. The minimum atomic E-state index is -0.942. The van der Waals surface area contributed by atoms with Crippen LogP contribution < -0.4 is 5.32 Å². The van der Waals surface area contributed by atoms with E-state index < -0.39 is 12.0 Å². The van der Waals surface area contributed by atoms with Crippen molar-refractivity contribution in [2.45, 2.75) is 19.4 Å². The second-order valence-electron chi connectivity index (χ2n) is 5.25. The van der Waals surface area contributed by atoms with Crippen LogP contribution in [0.1, 0.15) is 13.3 Å².